The highest BCUT2D eigenvalue weighted by Gasteiger charge is 2.78. The van der Waals surface area contributed by atoms with Gasteiger partial charge in [-0.05, 0) is 81.2 Å². The van der Waals surface area contributed by atoms with Crippen LogP contribution in [0.5, 0.6) is 11.5 Å². The van der Waals surface area contributed by atoms with Crippen LogP contribution >= 0.6 is 0 Å². The van der Waals surface area contributed by atoms with Crippen LogP contribution in [0.1, 0.15) is 70.8 Å². The number of ketones is 2. The Labute approximate surface area is 347 Å². The van der Waals surface area contributed by atoms with Crippen LogP contribution in [0, 0.1) is 42.9 Å². The molecular formula is C40H47FN2O18. The van der Waals surface area contributed by atoms with Crippen molar-refractivity contribution in [3.8, 4) is 11.5 Å². The molecule has 2 N–H and O–H groups in total. The maximum atomic E-state index is 17.8. The van der Waals surface area contributed by atoms with Gasteiger partial charge in [0.1, 0.15) is 6.10 Å². The molecule has 1 aromatic carbocycles. The number of ether oxygens (including phenoxy) is 5. The van der Waals surface area contributed by atoms with Gasteiger partial charge < -0.3 is 43.6 Å². The smallest absolute Gasteiger partial charge is 0.493 e. The van der Waals surface area contributed by atoms with Crippen LogP contribution in [0.3, 0.4) is 0 Å². The number of alkyl halides is 1. The number of aliphatic hydroxyl groups is 2. The summed E-state index contributed by atoms with van der Waals surface area (Å²) in [5.74, 6) is -5.23. The molecule has 0 heterocycles. The number of halogens is 1. The molecule has 20 nitrogen and oxygen atoms in total. The SMILES string of the molecule is COc1cc(C=CC(=O)OCCCCO[N+](=O)[O-])ccc1OC(=O)OCC(=O)[C@@]1(OC(=O)CCCO[N+](=O)[O-])[C@H](O)CC2C3CC=C4CC(=O)C=C[C@]4(C)[C@@]3(F)[C@@H](O)C[C@@]21C. The molecule has 2 fully saturated rings. The van der Waals surface area contributed by atoms with E-state index in [2.05, 4.69) is 9.68 Å². The number of nitrogens with zero attached hydrogens (tertiary/aromatic N) is 2. The van der Waals surface area contributed by atoms with Gasteiger partial charge in [-0.3, -0.25) is 14.4 Å². The van der Waals surface area contributed by atoms with Gasteiger partial charge in [-0.1, -0.05) is 30.7 Å². The number of carbonyl (C=O) groups excluding carboxylic acids is 5. The highest BCUT2D eigenvalue weighted by atomic mass is 19.1. The molecule has 0 radical (unpaired) electrons. The third-order valence-electron chi connectivity index (χ3n) is 12.3. The van der Waals surface area contributed by atoms with E-state index in [0.717, 1.165) is 6.08 Å². The van der Waals surface area contributed by atoms with Gasteiger partial charge in [-0.2, -0.15) is 0 Å². The Hall–Kier alpha value is -5.96. The van der Waals surface area contributed by atoms with E-state index in [4.69, 9.17) is 23.7 Å². The summed E-state index contributed by atoms with van der Waals surface area (Å²) in [5, 5.41) is 42.5. The van der Waals surface area contributed by atoms with E-state index in [1.165, 1.54) is 50.5 Å². The van der Waals surface area contributed by atoms with E-state index < -0.39 is 106 Å². The second-order valence-corrected chi connectivity index (χ2v) is 15.6. The van der Waals surface area contributed by atoms with E-state index >= 15 is 4.39 Å². The Morgan fingerprint density at radius 3 is 2.33 bits per heavy atom. The number of benzene rings is 1. The van der Waals surface area contributed by atoms with Crippen molar-refractivity contribution in [2.75, 3.05) is 33.5 Å². The number of methoxy groups -OCH3 is 1. The number of esters is 2. The Morgan fingerprint density at radius 2 is 1.64 bits per heavy atom. The van der Waals surface area contributed by atoms with E-state index in [1.807, 2.05) is 0 Å². The molecule has 0 amide bonds. The summed E-state index contributed by atoms with van der Waals surface area (Å²) in [6, 6.07) is 4.15. The van der Waals surface area contributed by atoms with Crippen molar-refractivity contribution in [1.82, 2.24) is 0 Å². The summed E-state index contributed by atoms with van der Waals surface area (Å²) in [7, 11) is 1.26. The molecule has 0 aromatic heterocycles. The molecule has 4 aliphatic carbocycles. The molecule has 332 valence electrons. The van der Waals surface area contributed by atoms with Crippen molar-refractivity contribution in [3.05, 3.63) is 73.9 Å². The van der Waals surface area contributed by atoms with Crippen molar-refractivity contribution in [2.45, 2.75) is 88.7 Å². The largest absolute Gasteiger partial charge is 0.514 e. The number of hydrogen-bond donors (Lipinski definition) is 2. The zero-order valence-corrected chi connectivity index (χ0v) is 33.6. The summed E-state index contributed by atoms with van der Waals surface area (Å²) < 4.78 is 44.4. The fourth-order valence-corrected chi connectivity index (χ4v) is 9.40. The molecule has 1 aromatic rings. The lowest BCUT2D eigenvalue weighted by Crippen LogP contribution is -2.70. The zero-order chi connectivity index (χ0) is 44.8. The number of allylic oxidation sites excluding steroid dienone is 4. The van der Waals surface area contributed by atoms with Crippen LogP contribution in [0.25, 0.3) is 6.08 Å². The first-order chi connectivity index (χ1) is 28.8. The van der Waals surface area contributed by atoms with Crippen LogP contribution in [0.15, 0.2) is 48.1 Å². The van der Waals surface area contributed by atoms with Crippen LogP contribution in [-0.4, -0.2) is 107 Å². The highest BCUT2D eigenvalue weighted by molar-refractivity contribution is 5.95. The number of carbonyl (C=O) groups is 5. The minimum Gasteiger partial charge on any atom is -0.493 e. The number of unbranched alkanes of at least 4 members (excludes halogenated alkanes) is 1. The van der Waals surface area contributed by atoms with Crippen LogP contribution in [-0.2, 0) is 43.1 Å². The number of aliphatic hydroxyl groups excluding tert-OH is 2. The number of Topliss-reactive ketones (excluding diaryl/α,β-unsaturated/α-hetero) is 1. The lowest BCUT2D eigenvalue weighted by Gasteiger charge is -2.62. The first-order valence-corrected chi connectivity index (χ1v) is 19.5. The summed E-state index contributed by atoms with van der Waals surface area (Å²) >= 11 is 0. The van der Waals surface area contributed by atoms with Gasteiger partial charge in [0.2, 0.25) is 11.4 Å². The fraction of sp³-hybridized carbons (Fsp3) is 0.575. The van der Waals surface area contributed by atoms with Crippen molar-refractivity contribution >= 4 is 35.7 Å². The summed E-state index contributed by atoms with van der Waals surface area (Å²) in [4.78, 5) is 94.5. The molecule has 4 aliphatic rings. The lowest BCUT2D eigenvalue weighted by atomic mass is 9.45. The van der Waals surface area contributed by atoms with Crippen molar-refractivity contribution < 1.29 is 82.1 Å². The molecule has 0 aliphatic heterocycles. The van der Waals surface area contributed by atoms with Crippen molar-refractivity contribution in [3.63, 3.8) is 0 Å². The standard InChI is InChI=1S/C40H47FN2O18/c1-37-15-14-26(44)20-25(37)10-11-27-28-21-31(45)40(38(28,2)22-32(46)39(27,37)41,61-35(49)7-6-18-59-43(53)54)33(47)23-57-36(50)60-29-12-8-24(19-30(29)55-3)9-13-34(48)56-16-4-5-17-58-42(51)52/h8-10,12-15,19,27-28,31-32,45-46H,4-7,11,16-18,20-23H2,1-3H3/t27?,28?,31-,32+,37+,38+,39+,40+/m1/s1. The van der Waals surface area contributed by atoms with Gasteiger partial charge in [0.05, 0.1) is 33.0 Å². The third-order valence-corrected chi connectivity index (χ3v) is 12.3. The fourth-order valence-electron chi connectivity index (χ4n) is 9.40. The van der Waals surface area contributed by atoms with Gasteiger partial charge in [0.25, 0.3) is 10.2 Å². The first-order valence-electron chi connectivity index (χ1n) is 19.5. The van der Waals surface area contributed by atoms with Gasteiger partial charge in [0, 0.05) is 35.7 Å². The second kappa shape index (κ2) is 18.8. The lowest BCUT2D eigenvalue weighted by molar-refractivity contribution is -0.757. The Morgan fingerprint density at radius 1 is 0.951 bits per heavy atom. The maximum absolute atomic E-state index is 17.8. The molecule has 2 unspecified atom stereocenters. The monoisotopic (exact) mass is 862 g/mol. The van der Waals surface area contributed by atoms with Gasteiger partial charge in [-0.15, -0.1) is 20.2 Å². The molecule has 61 heavy (non-hydrogen) atoms. The summed E-state index contributed by atoms with van der Waals surface area (Å²) in [6.07, 6.45) is 1.03. The average molecular weight is 863 g/mol. The van der Waals surface area contributed by atoms with Crippen LogP contribution in [0.2, 0.25) is 0 Å². The molecule has 21 heteroatoms. The third kappa shape index (κ3) is 9.21. The molecule has 0 saturated heterocycles. The zero-order valence-electron chi connectivity index (χ0n) is 33.6. The summed E-state index contributed by atoms with van der Waals surface area (Å²) in [5.41, 5.74) is -7.04. The van der Waals surface area contributed by atoms with Crippen molar-refractivity contribution in [2.24, 2.45) is 22.7 Å². The van der Waals surface area contributed by atoms with E-state index in [9.17, 15) is 54.4 Å². The van der Waals surface area contributed by atoms with Crippen molar-refractivity contribution in [1.29, 1.82) is 0 Å². The molecule has 2 saturated carbocycles. The maximum Gasteiger partial charge on any atom is 0.514 e. The number of hydrogen-bond acceptors (Lipinski definition) is 18. The van der Waals surface area contributed by atoms with Gasteiger partial charge in [-0.25, -0.2) is 14.0 Å². The van der Waals surface area contributed by atoms with E-state index in [-0.39, 0.29) is 56.2 Å². The molecule has 8 atom stereocenters. The molecule has 5 rings (SSSR count). The Kier molecular flexibility index (Phi) is 14.2. The number of fused-ring (bicyclic) bond motifs is 5. The topological polar surface area (TPSA) is 277 Å². The van der Waals surface area contributed by atoms with E-state index in [1.54, 1.807) is 13.0 Å². The first kappa shape index (κ1) is 46.1. The summed E-state index contributed by atoms with van der Waals surface area (Å²) in [6.45, 7) is 1.31. The Balaban J connectivity index is 1.31. The van der Waals surface area contributed by atoms with Gasteiger partial charge in [0.15, 0.2) is 29.6 Å². The molecular weight excluding hydrogens is 815 g/mol. The number of rotatable bonds is 19. The average Bonchev–Trinajstić information content (AvgIpc) is 3.42. The van der Waals surface area contributed by atoms with Crippen LogP contribution in [0.4, 0.5) is 9.18 Å². The highest BCUT2D eigenvalue weighted by Crippen LogP contribution is 2.70. The molecule has 0 bridgehead atoms. The Bertz CT molecular complexity index is 2000. The normalized spacial score (nSPS) is 29.9. The van der Waals surface area contributed by atoms with Crippen LogP contribution < -0.4 is 9.47 Å². The quantitative estimate of drug-likeness (QED) is 0.0291. The molecule has 0 spiro atoms. The minimum atomic E-state index is -2.51. The predicted octanol–water partition coefficient (Wildman–Crippen LogP) is 3.94. The second-order valence-electron chi connectivity index (χ2n) is 15.6. The predicted molar refractivity (Wildman–Crippen MR) is 203 cm³/mol. The van der Waals surface area contributed by atoms with E-state index in [0.29, 0.717) is 24.0 Å². The van der Waals surface area contributed by atoms with Gasteiger partial charge >= 0.3 is 18.1 Å². The minimum absolute atomic E-state index is 0.000859.